The van der Waals surface area contributed by atoms with Crippen molar-refractivity contribution in [3.05, 3.63) is 0 Å². The second-order valence-electron chi connectivity index (χ2n) is 7.78. The highest BCUT2D eigenvalue weighted by Gasteiger charge is 2.37. The minimum Gasteiger partial charge on any atom is -0.353 e. The van der Waals surface area contributed by atoms with Crippen LogP contribution in [0.3, 0.4) is 0 Å². The van der Waals surface area contributed by atoms with Gasteiger partial charge in [0.25, 0.3) is 10.2 Å². The zero-order valence-corrected chi connectivity index (χ0v) is 15.6. The van der Waals surface area contributed by atoms with Crippen molar-refractivity contribution in [3.8, 4) is 0 Å². The Bertz CT molecular complexity index is 537. The Hall–Kier alpha value is -0.660. The van der Waals surface area contributed by atoms with Crippen molar-refractivity contribution in [1.82, 2.24) is 13.9 Å². The summed E-state index contributed by atoms with van der Waals surface area (Å²) in [5.74, 6) is 0.453. The predicted molar refractivity (Wildman–Crippen MR) is 93.6 cm³/mol. The minimum atomic E-state index is -3.42. The first kappa shape index (κ1) is 18.1. The van der Waals surface area contributed by atoms with Gasteiger partial charge < -0.3 is 5.32 Å². The molecule has 0 aromatic rings. The smallest absolute Gasteiger partial charge is 0.281 e. The first-order valence-corrected chi connectivity index (χ1v) is 10.9. The first-order valence-electron chi connectivity index (χ1n) is 9.52. The Morgan fingerprint density at radius 2 is 1.58 bits per heavy atom. The standard InChI is InChI=1S/C17H31N3O3S/c1-14-8-11-19(12-9-14)24(22,23)20-10-4-5-15(13-20)17(21)18-16-6-2-3-7-16/h14-16H,2-13H2,1H3,(H,18,21). The molecule has 1 aliphatic carbocycles. The first-order chi connectivity index (χ1) is 11.5. The van der Waals surface area contributed by atoms with Crippen molar-refractivity contribution in [1.29, 1.82) is 0 Å². The van der Waals surface area contributed by atoms with Gasteiger partial charge in [0.15, 0.2) is 0 Å². The summed E-state index contributed by atoms with van der Waals surface area (Å²) in [5, 5.41) is 3.13. The van der Waals surface area contributed by atoms with E-state index in [0.29, 0.717) is 38.1 Å². The Morgan fingerprint density at radius 1 is 0.917 bits per heavy atom. The molecule has 1 atom stereocenters. The predicted octanol–water partition coefficient (Wildman–Crippen LogP) is 1.73. The summed E-state index contributed by atoms with van der Waals surface area (Å²) in [5.41, 5.74) is 0. The third-order valence-corrected chi connectivity index (χ3v) is 7.85. The van der Waals surface area contributed by atoms with Gasteiger partial charge in [0.2, 0.25) is 5.91 Å². The van der Waals surface area contributed by atoms with Gasteiger partial charge in [-0.25, -0.2) is 0 Å². The summed E-state index contributed by atoms with van der Waals surface area (Å²) < 4.78 is 28.9. The molecule has 1 amide bonds. The molecule has 0 bridgehead atoms. The molecule has 7 heteroatoms. The molecule has 1 saturated carbocycles. The summed E-state index contributed by atoms with van der Waals surface area (Å²) >= 11 is 0. The molecule has 24 heavy (non-hydrogen) atoms. The van der Waals surface area contributed by atoms with E-state index in [2.05, 4.69) is 12.2 Å². The number of piperidine rings is 2. The molecule has 3 aliphatic rings. The van der Waals surface area contributed by atoms with Crippen LogP contribution in [0, 0.1) is 11.8 Å². The lowest BCUT2D eigenvalue weighted by molar-refractivity contribution is -0.126. The van der Waals surface area contributed by atoms with Crippen molar-refractivity contribution < 1.29 is 13.2 Å². The third kappa shape index (κ3) is 4.11. The zero-order valence-electron chi connectivity index (χ0n) is 14.7. The summed E-state index contributed by atoms with van der Waals surface area (Å²) in [6.07, 6.45) is 7.91. The molecule has 0 aromatic carbocycles. The van der Waals surface area contributed by atoms with E-state index in [9.17, 15) is 13.2 Å². The maximum Gasteiger partial charge on any atom is 0.281 e. The maximum atomic E-state index is 12.9. The third-order valence-electron chi connectivity index (χ3n) is 5.85. The van der Waals surface area contributed by atoms with Crippen molar-refractivity contribution >= 4 is 16.1 Å². The fourth-order valence-electron chi connectivity index (χ4n) is 4.13. The molecule has 6 nitrogen and oxygen atoms in total. The van der Waals surface area contributed by atoms with E-state index in [1.165, 1.54) is 12.8 Å². The topological polar surface area (TPSA) is 69.7 Å². The van der Waals surface area contributed by atoms with Crippen molar-refractivity contribution in [2.75, 3.05) is 26.2 Å². The van der Waals surface area contributed by atoms with E-state index < -0.39 is 10.2 Å². The quantitative estimate of drug-likeness (QED) is 0.833. The summed E-state index contributed by atoms with van der Waals surface area (Å²) in [7, 11) is -3.42. The molecule has 138 valence electrons. The molecular weight excluding hydrogens is 326 g/mol. The van der Waals surface area contributed by atoms with E-state index in [0.717, 1.165) is 38.5 Å². The SMILES string of the molecule is CC1CCN(S(=O)(=O)N2CCCC(C(=O)NC3CCCC3)C2)CC1. The van der Waals surface area contributed by atoms with E-state index in [1.54, 1.807) is 8.61 Å². The number of rotatable bonds is 4. The zero-order chi connectivity index (χ0) is 17.2. The fourth-order valence-corrected chi connectivity index (χ4v) is 5.86. The average molecular weight is 358 g/mol. The minimum absolute atomic E-state index is 0.0501. The van der Waals surface area contributed by atoms with Crippen LogP contribution in [0.5, 0.6) is 0 Å². The molecular formula is C17H31N3O3S. The fraction of sp³-hybridized carbons (Fsp3) is 0.941. The average Bonchev–Trinajstić information content (AvgIpc) is 3.08. The number of carbonyl (C=O) groups is 1. The van der Waals surface area contributed by atoms with Crippen LogP contribution in [0.4, 0.5) is 0 Å². The lowest BCUT2D eigenvalue weighted by Gasteiger charge is -2.37. The maximum absolute atomic E-state index is 12.9. The monoisotopic (exact) mass is 357 g/mol. The Balaban J connectivity index is 1.58. The van der Waals surface area contributed by atoms with Crippen molar-refractivity contribution in [2.45, 2.75) is 64.3 Å². The Kier molecular flexibility index (Phi) is 5.82. The van der Waals surface area contributed by atoms with Crippen LogP contribution >= 0.6 is 0 Å². The van der Waals surface area contributed by atoms with Gasteiger partial charge in [-0.3, -0.25) is 4.79 Å². The van der Waals surface area contributed by atoms with E-state index in [1.807, 2.05) is 0 Å². The van der Waals surface area contributed by atoms with Crippen LogP contribution in [0.2, 0.25) is 0 Å². The highest BCUT2D eigenvalue weighted by atomic mass is 32.2. The van der Waals surface area contributed by atoms with Crippen LogP contribution in [-0.4, -0.2) is 55.2 Å². The number of hydrogen-bond donors (Lipinski definition) is 1. The van der Waals surface area contributed by atoms with E-state index in [-0.39, 0.29) is 11.8 Å². The van der Waals surface area contributed by atoms with Gasteiger partial charge in [-0.05, 0) is 44.4 Å². The van der Waals surface area contributed by atoms with Gasteiger partial charge in [0.1, 0.15) is 0 Å². The van der Waals surface area contributed by atoms with Crippen LogP contribution in [0.1, 0.15) is 58.3 Å². The van der Waals surface area contributed by atoms with Gasteiger partial charge in [-0.1, -0.05) is 19.8 Å². The van der Waals surface area contributed by atoms with Gasteiger partial charge in [-0.2, -0.15) is 17.0 Å². The molecule has 1 unspecified atom stereocenters. The number of amides is 1. The lowest BCUT2D eigenvalue weighted by atomic mass is 9.98. The highest BCUT2D eigenvalue weighted by Crippen LogP contribution is 2.26. The molecule has 2 aliphatic heterocycles. The number of carbonyl (C=O) groups excluding carboxylic acids is 1. The van der Waals surface area contributed by atoms with Gasteiger partial charge >= 0.3 is 0 Å². The molecule has 1 N–H and O–H groups in total. The normalized spacial score (nSPS) is 29.0. The summed E-state index contributed by atoms with van der Waals surface area (Å²) in [6, 6.07) is 0.299. The highest BCUT2D eigenvalue weighted by molar-refractivity contribution is 7.86. The van der Waals surface area contributed by atoms with Crippen LogP contribution in [-0.2, 0) is 15.0 Å². The number of nitrogens with one attached hydrogen (secondary N) is 1. The molecule has 3 fully saturated rings. The van der Waals surface area contributed by atoms with E-state index in [4.69, 9.17) is 0 Å². The Morgan fingerprint density at radius 3 is 2.25 bits per heavy atom. The second kappa shape index (κ2) is 7.70. The molecule has 0 spiro atoms. The summed E-state index contributed by atoms with van der Waals surface area (Å²) in [6.45, 7) is 4.28. The summed E-state index contributed by atoms with van der Waals surface area (Å²) in [4.78, 5) is 12.5. The molecule has 0 aromatic heterocycles. The van der Waals surface area contributed by atoms with Crippen LogP contribution in [0.15, 0.2) is 0 Å². The molecule has 2 heterocycles. The molecule has 0 radical (unpaired) electrons. The van der Waals surface area contributed by atoms with Gasteiger partial charge in [0, 0.05) is 32.2 Å². The largest absolute Gasteiger partial charge is 0.353 e. The lowest BCUT2D eigenvalue weighted by Crippen LogP contribution is -2.52. The van der Waals surface area contributed by atoms with Crippen molar-refractivity contribution in [2.24, 2.45) is 11.8 Å². The molecule has 2 saturated heterocycles. The van der Waals surface area contributed by atoms with Crippen LogP contribution in [0.25, 0.3) is 0 Å². The van der Waals surface area contributed by atoms with E-state index >= 15 is 0 Å². The molecule has 3 rings (SSSR count). The Labute approximate surface area is 146 Å². The van der Waals surface area contributed by atoms with Crippen LogP contribution < -0.4 is 5.32 Å². The second-order valence-corrected chi connectivity index (χ2v) is 9.70. The van der Waals surface area contributed by atoms with Gasteiger partial charge in [-0.15, -0.1) is 0 Å². The number of nitrogens with zero attached hydrogens (tertiary/aromatic N) is 2. The van der Waals surface area contributed by atoms with Gasteiger partial charge in [0.05, 0.1) is 5.92 Å². The van der Waals surface area contributed by atoms with Crippen molar-refractivity contribution in [3.63, 3.8) is 0 Å². The number of hydrogen-bond acceptors (Lipinski definition) is 3.